The quantitative estimate of drug-likeness (QED) is 0.813. The van der Waals surface area contributed by atoms with E-state index in [0.717, 1.165) is 25.0 Å². The molecule has 2 N–H and O–H groups in total. The normalized spacial score (nSPS) is 18.9. The van der Waals surface area contributed by atoms with Gasteiger partial charge in [-0.2, -0.15) is 0 Å². The van der Waals surface area contributed by atoms with E-state index in [4.69, 9.17) is 4.74 Å². The first-order chi connectivity index (χ1) is 9.80. The average Bonchev–Trinajstić information content (AvgIpc) is 3.17. The van der Waals surface area contributed by atoms with Gasteiger partial charge in [-0.3, -0.25) is 10.1 Å². The Bertz CT molecular complexity index is 534. The van der Waals surface area contributed by atoms with E-state index in [1.165, 1.54) is 6.07 Å². The molecule has 2 rings (SSSR count). The van der Waals surface area contributed by atoms with Gasteiger partial charge in [-0.15, -0.1) is 0 Å². The Morgan fingerprint density at radius 3 is 2.67 bits per heavy atom. The van der Waals surface area contributed by atoms with Gasteiger partial charge in [0.25, 0.3) is 0 Å². The predicted octanol–water partition coefficient (Wildman–Crippen LogP) is 2.72. The third kappa shape index (κ3) is 4.14. The molecular weight excluding hydrogens is 280 g/mol. The van der Waals surface area contributed by atoms with E-state index in [1.807, 2.05) is 0 Å². The Morgan fingerprint density at radius 2 is 2.14 bits per heavy atom. The number of hydrogen-bond acceptors (Lipinski definition) is 3. The maximum absolute atomic E-state index is 13.1. The molecule has 21 heavy (non-hydrogen) atoms. The summed E-state index contributed by atoms with van der Waals surface area (Å²) in [5, 5.41) is 12.5. The Morgan fingerprint density at radius 1 is 1.48 bits per heavy atom. The van der Waals surface area contributed by atoms with E-state index in [0.29, 0.717) is 0 Å². The molecule has 2 unspecified atom stereocenters. The van der Waals surface area contributed by atoms with Crippen molar-refractivity contribution in [3.8, 4) is 5.75 Å². The van der Waals surface area contributed by atoms with Crippen LogP contribution in [0.2, 0.25) is 0 Å². The molecule has 116 valence electrons. The molecule has 0 aliphatic heterocycles. The maximum atomic E-state index is 13.1. The maximum Gasteiger partial charge on any atom is 0.323 e. The lowest BCUT2D eigenvalue weighted by atomic mass is 9.94. The molecule has 0 bridgehead atoms. The third-order valence-electron chi connectivity index (χ3n) is 3.50. The van der Waals surface area contributed by atoms with Gasteiger partial charge in [0.2, 0.25) is 0 Å². The molecule has 1 fully saturated rings. The summed E-state index contributed by atoms with van der Waals surface area (Å²) in [6.45, 7) is 3.32. The highest BCUT2D eigenvalue weighted by molar-refractivity contribution is 5.78. The standard InChI is InChI=1S/C15H19F2NO3/c1-9(21-11-5-6-12(16)13(17)7-11)8-15(2,14(19)20)18-10-3-4-10/h5-7,9-10,18H,3-4,8H2,1-2H3,(H,19,20). The van der Waals surface area contributed by atoms with E-state index >= 15 is 0 Å². The van der Waals surface area contributed by atoms with Crippen LogP contribution in [0.25, 0.3) is 0 Å². The Labute approximate surface area is 122 Å². The minimum atomic E-state index is -1.10. The van der Waals surface area contributed by atoms with Crippen LogP contribution in [0.15, 0.2) is 18.2 Å². The van der Waals surface area contributed by atoms with Crippen LogP contribution in [0.5, 0.6) is 5.75 Å². The predicted molar refractivity (Wildman–Crippen MR) is 73.3 cm³/mol. The highest BCUT2D eigenvalue weighted by atomic mass is 19.2. The summed E-state index contributed by atoms with van der Waals surface area (Å²) in [4.78, 5) is 11.4. The van der Waals surface area contributed by atoms with Gasteiger partial charge in [0.1, 0.15) is 11.3 Å². The van der Waals surface area contributed by atoms with Crippen molar-refractivity contribution in [2.24, 2.45) is 0 Å². The minimum Gasteiger partial charge on any atom is -0.491 e. The number of hydrogen-bond donors (Lipinski definition) is 2. The lowest BCUT2D eigenvalue weighted by molar-refractivity contribution is -0.145. The fourth-order valence-electron chi connectivity index (χ4n) is 2.29. The Kier molecular flexibility index (Phi) is 4.46. The van der Waals surface area contributed by atoms with Crippen LogP contribution in [-0.2, 0) is 4.79 Å². The SMILES string of the molecule is CC(CC(C)(NC1CC1)C(=O)O)Oc1ccc(F)c(F)c1. The topological polar surface area (TPSA) is 58.6 Å². The fraction of sp³-hybridized carbons (Fsp3) is 0.533. The van der Waals surface area contributed by atoms with Crippen LogP contribution < -0.4 is 10.1 Å². The zero-order valence-corrected chi connectivity index (χ0v) is 12.0. The van der Waals surface area contributed by atoms with Crippen molar-refractivity contribution >= 4 is 5.97 Å². The van der Waals surface area contributed by atoms with Crippen LogP contribution in [0.4, 0.5) is 8.78 Å². The van der Waals surface area contributed by atoms with Gasteiger partial charge in [0.15, 0.2) is 11.6 Å². The molecular formula is C15H19F2NO3. The molecule has 1 saturated carbocycles. The lowest BCUT2D eigenvalue weighted by Gasteiger charge is -2.29. The van der Waals surface area contributed by atoms with Crippen molar-refractivity contribution < 1.29 is 23.4 Å². The number of carboxylic acid groups (broad SMARTS) is 1. The summed E-state index contributed by atoms with van der Waals surface area (Å²) in [5.41, 5.74) is -1.10. The molecule has 1 aliphatic rings. The molecule has 0 aromatic heterocycles. The van der Waals surface area contributed by atoms with Crippen LogP contribution in [0.1, 0.15) is 33.1 Å². The first-order valence-electron chi connectivity index (χ1n) is 6.93. The number of rotatable bonds is 7. The fourth-order valence-corrected chi connectivity index (χ4v) is 2.29. The molecule has 1 aromatic rings. The summed E-state index contributed by atoms with van der Waals surface area (Å²) < 4.78 is 31.4. The molecule has 1 aromatic carbocycles. The minimum absolute atomic E-state index is 0.181. The largest absolute Gasteiger partial charge is 0.491 e. The molecule has 4 nitrogen and oxygen atoms in total. The second-order valence-corrected chi connectivity index (χ2v) is 5.76. The van der Waals surface area contributed by atoms with E-state index < -0.39 is 29.2 Å². The second-order valence-electron chi connectivity index (χ2n) is 5.76. The van der Waals surface area contributed by atoms with Crippen molar-refractivity contribution in [3.63, 3.8) is 0 Å². The van der Waals surface area contributed by atoms with Gasteiger partial charge in [-0.1, -0.05) is 0 Å². The molecule has 6 heteroatoms. The number of ether oxygens (including phenoxy) is 1. The first kappa shape index (κ1) is 15.7. The van der Waals surface area contributed by atoms with Crippen LogP contribution in [0.3, 0.4) is 0 Å². The third-order valence-corrected chi connectivity index (χ3v) is 3.50. The number of carboxylic acids is 1. The summed E-state index contributed by atoms with van der Waals surface area (Å²) in [5.74, 6) is -2.70. The Hall–Kier alpha value is -1.69. The first-order valence-corrected chi connectivity index (χ1v) is 6.93. The summed E-state index contributed by atoms with van der Waals surface area (Å²) in [6, 6.07) is 3.50. The molecule has 0 heterocycles. The smallest absolute Gasteiger partial charge is 0.323 e. The molecule has 0 saturated heterocycles. The zero-order valence-electron chi connectivity index (χ0n) is 12.0. The van der Waals surface area contributed by atoms with E-state index in [9.17, 15) is 18.7 Å². The monoisotopic (exact) mass is 299 g/mol. The molecule has 0 amide bonds. The van der Waals surface area contributed by atoms with Gasteiger partial charge >= 0.3 is 5.97 Å². The number of carbonyl (C=O) groups is 1. The van der Waals surface area contributed by atoms with Crippen LogP contribution in [-0.4, -0.2) is 28.8 Å². The summed E-state index contributed by atoms with van der Waals surface area (Å²) in [7, 11) is 0. The van der Waals surface area contributed by atoms with Gasteiger partial charge in [-0.25, -0.2) is 8.78 Å². The van der Waals surface area contributed by atoms with Crippen molar-refractivity contribution in [3.05, 3.63) is 29.8 Å². The van der Waals surface area contributed by atoms with Gasteiger partial charge in [0, 0.05) is 18.5 Å². The van der Waals surface area contributed by atoms with Crippen molar-refractivity contribution in [2.45, 2.75) is 50.8 Å². The van der Waals surface area contributed by atoms with Gasteiger partial charge in [-0.05, 0) is 38.8 Å². The molecule has 1 aliphatic carbocycles. The highest BCUT2D eigenvalue weighted by Crippen LogP contribution is 2.26. The lowest BCUT2D eigenvalue weighted by Crippen LogP contribution is -2.52. The van der Waals surface area contributed by atoms with Crippen LogP contribution >= 0.6 is 0 Å². The summed E-state index contributed by atoms with van der Waals surface area (Å²) >= 11 is 0. The highest BCUT2D eigenvalue weighted by Gasteiger charge is 2.40. The van der Waals surface area contributed by atoms with Crippen molar-refractivity contribution in [1.29, 1.82) is 0 Å². The van der Waals surface area contributed by atoms with E-state index in [-0.39, 0.29) is 18.2 Å². The molecule has 2 atom stereocenters. The van der Waals surface area contributed by atoms with Gasteiger partial charge in [0.05, 0.1) is 6.10 Å². The molecule has 0 spiro atoms. The molecule has 0 radical (unpaired) electrons. The number of aliphatic carboxylic acids is 1. The van der Waals surface area contributed by atoms with Crippen LogP contribution in [0, 0.1) is 11.6 Å². The van der Waals surface area contributed by atoms with Crippen molar-refractivity contribution in [1.82, 2.24) is 5.32 Å². The van der Waals surface area contributed by atoms with Crippen molar-refractivity contribution in [2.75, 3.05) is 0 Å². The number of benzene rings is 1. The number of halogens is 2. The average molecular weight is 299 g/mol. The second kappa shape index (κ2) is 5.97. The van der Waals surface area contributed by atoms with E-state index in [1.54, 1.807) is 13.8 Å². The van der Waals surface area contributed by atoms with E-state index in [2.05, 4.69) is 5.32 Å². The zero-order chi connectivity index (χ0) is 15.6. The number of nitrogens with one attached hydrogen (secondary N) is 1. The van der Waals surface area contributed by atoms with Gasteiger partial charge < -0.3 is 9.84 Å². The Balaban J connectivity index is 1.99. The summed E-state index contributed by atoms with van der Waals surface area (Å²) in [6.07, 6.45) is 1.71.